The molecule has 1 amide bonds. The highest BCUT2D eigenvalue weighted by Crippen LogP contribution is 2.31. The average molecular weight is 402 g/mol. The summed E-state index contributed by atoms with van der Waals surface area (Å²) < 4.78 is 10.2. The first-order valence-corrected chi connectivity index (χ1v) is 9.91. The summed E-state index contributed by atoms with van der Waals surface area (Å²) in [5.41, 5.74) is 1.99. The van der Waals surface area contributed by atoms with Crippen LogP contribution in [0.25, 0.3) is 10.6 Å². The summed E-state index contributed by atoms with van der Waals surface area (Å²) >= 11 is 2.52. The van der Waals surface area contributed by atoms with Crippen LogP contribution in [-0.4, -0.2) is 30.6 Å². The topological polar surface area (TPSA) is 77.5 Å². The minimum Gasteiger partial charge on any atom is -0.494 e. The van der Waals surface area contributed by atoms with Gasteiger partial charge in [-0.3, -0.25) is 4.79 Å². The van der Waals surface area contributed by atoms with Crippen molar-refractivity contribution in [3.63, 3.8) is 0 Å². The fourth-order valence-corrected chi connectivity index (χ4v) is 4.16. The smallest absolute Gasteiger partial charge is 0.350 e. The Bertz CT molecular complexity index is 961. The number of esters is 1. The maximum Gasteiger partial charge on any atom is 0.350 e. The van der Waals surface area contributed by atoms with E-state index in [2.05, 4.69) is 10.3 Å². The minimum atomic E-state index is -0.476. The van der Waals surface area contributed by atoms with Gasteiger partial charge in [0.05, 0.1) is 25.1 Å². The van der Waals surface area contributed by atoms with Gasteiger partial charge < -0.3 is 14.8 Å². The quantitative estimate of drug-likeness (QED) is 0.609. The van der Waals surface area contributed by atoms with Crippen molar-refractivity contribution >= 4 is 40.2 Å². The van der Waals surface area contributed by atoms with Crippen molar-refractivity contribution in [3.8, 4) is 16.3 Å². The van der Waals surface area contributed by atoms with Crippen LogP contribution in [0.4, 0.5) is 5.69 Å². The maximum absolute atomic E-state index is 12.7. The molecule has 0 aliphatic heterocycles. The minimum absolute atomic E-state index is 0.300. The van der Waals surface area contributed by atoms with Gasteiger partial charge in [0, 0.05) is 5.56 Å². The Hall–Kier alpha value is -2.71. The van der Waals surface area contributed by atoms with Gasteiger partial charge in [-0.1, -0.05) is 0 Å². The van der Waals surface area contributed by atoms with Crippen LogP contribution in [-0.2, 0) is 4.74 Å². The highest BCUT2D eigenvalue weighted by molar-refractivity contribution is 7.17. The largest absolute Gasteiger partial charge is 0.494 e. The zero-order valence-electron chi connectivity index (χ0n) is 15.1. The van der Waals surface area contributed by atoms with Gasteiger partial charge in [-0.15, -0.1) is 22.7 Å². The number of nitrogens with one attached hydrogen (secondary N) is 1. The van der Waals surface area contributed by atoms with E-state index >= 15 is 0 Å². The first-order chi connectivity index (χ1) is 13.0. The van der Waals surface area contributed by atoms with E-state index < -0.39 is 5.97 Å². The monoisotopic (exact) mass is 402 g/mol. The highest BCUT2D eigenvalue weighted by atomic mass is 32.1. The predicted molar refractivity (Wildman–Crippen MR) is 107 cm³/mol. The molecule has 0 radical (unpaired) electrons. The average Bonchev–Trinajstić information content (AvgIpc) is 3.28. The lowest BCUT2D eigenvalue weighted by Crippen LogP contribution is -2.13. The molecule has 0 fully saturated rings. The number of benzene rings is 1. The van der Waals surface area contributed by atoms with Gasteiger partial charge in [0.15, 0.2) is 0 Å². The fourth-order valence-electron chi connectivity index (χ4n) is 2.43. The van der Waals surface area contributed by atoms with Crippen molar-refractivity contribution in [2.75, 3.05) is 19.0 Å². The Morgan fingerprint density at radius 3 is 2.56 bits per heavy atom. The van der Waals surface area contributed by atoms with Crippen LogP contribution < -0.4 is 10.1 Å². The predicted octanol–water partition coefficient (Wildman–Crippen LogP) is 4.62. The third-order valence-corrected chi connectivity index (χ3v) is 5.80. The first-order valence-electron chi connectivity index (χ1n) is 8.21. The van der Waals surface area contributed by atoms with Crippen LogP contribution in [0, 0.1) is 6.92 Å². The van der Waals surface area contributed by atoms with E-state index in [1.54, 1.807) is 18.4 Å². The van der Waals surface area contributed by atoms with Gasteiger partial charge in [0.1, 0.15) is 20.5 Å². The number of hydrogen-bond acceptors (Lipinski definition) is 7. The highest BCUT2D eigenvalue weighted by Gasteiger charge is 2.20. The van der Waals surface area contributed by atoms with Gasteiger partial charge in [-0.25, -0.2) is 9.78 Å². The SMILES string of the molecule is CCOc1ccc(-c2nc(C)c(C(=O)Nc3ccsc3C(=O)OC)s2)cc1. The number of thiazole rings is 1. The molecule has 0 aliphatic carbocycles. The van der Waals surface area contributed by atoms with Gasteiger partial charge >= 0.3 is 5.97 Å². The second kappa shape index (κ2) is 8.32. The van der Waals surface area contributed by atoms with E-state index in [-0.39, 0.29) is 5.91 Å². The summed E-state index contributed by atoms with van der Waals surface area (Å²) in [7, 11) is 1.31. The van der Waals surface area contributed by atoms with E-state index in [4.69, 9.17) is 9.47 Å². The number of rotatable bonds is 6. The lowest BCUT2D eigenvalue weighted by Gasteiger charge is -2.04. The molecule has 140 valence electrons. The van der Waals surface area contributed by atoms with Crippen molar-refractivity contribution in [2.24, 2.45) is 0 Å². The summed E-state index contributed by atoms with van der Waals surface area (Å²) in [6.07, 6.45) is 0. The van der Waals surface area contributed by atoms with Crippen LogP contribution in [0.1, 0.15) is 32.0 Å². The Kier molecular flexibility index (Phi) is 5.88. The third-order valence-electron chi connectivity index (χ3n) is 3.70. The molecule has 0 aliphatic rings. The molecule has 27 heavy (non-hydrogen) atoms. The molecule has 1 aromatic carbocycles. The Morgan fingerprint density at radius 1 is 1.15 bits per heavy atom. The molecule has 0 saturated carbocycles. The first kappa shape index (κ1) is 19.1. The number of thiophene rings is 1. The third kappa shape index (κ3) is 4.17. The molecule has 0 unspecified atom stereocenters. The van der Waals surface area contributed by atoms with Crippen molar-refractivity contribution < 1.29 is 19.1 Å². The van der Waals surface area contributed by atoms with E-state index in [0.29, 0.717) is 27.7 Å². The van der Waals surface area contributed by atoms with Gasteiger partial charge in [0.2, 0.25) is 0 Å². The fraction of sp³-hybridized carbons (Fsp3) is 0.211. The summed E-state index contributed by atoms with van der Waals surface area (Å²) in [4.78, 5) is 29.8. The van der Waals surface area contributed by atoms with Crippen LogP contribution >= 0.6 is 22.7 Å². The summed E-state index contributed by atoms with van der Waals surface area (Å²) in [6, 6.07) is 9.27. The molecule has 8 heteroatoms. The molecule has 3 rings (SSSR count). The molecule has 3 aromatic rings. The molecule has 0 atom stereocenters. The van der Waals surface area contributed by atoms with Crippen molar-refractivity contribution in [2.45, 2.75) is 13.8 Å². The maximum atomic E-state index is 12.7. The number of aryl methyl sites for hydroxylation is 1. The van der Waals surface area contributed by atoms with E-state index in [1.807, 2.05) is 31.2 Å². The van der Waals surface area contributed by atoms with Gasteiger partial charge in [0.25, 0.3) is 5.91 Å². The zero-order valence-corrected chi connectivity index (χ0v) is 16.7. The lowest BCUT2D eigenvalue weighted by molar-refractivity contribution is 0.0607. The second-order valence-corrected chi connectivity index (χ2v) is 7.42. The van der Waals surface area contributed by atoms with E-state index in [0.717, 1.165) is 16.3 Å². The normalized spacial score (nSPS) is 10.5. The number of carbonyl (C=O) groups is 2. The number of amides is 1. The molecule has 2 aromatic heterocycles. The Balaban J connectivity index is 1.81. The second-order valence-electron chi connectivity index (χ2n) is 5.50. The molecule has 0 bridgehead atoms. The van der Waals surface area contributed by atoms with Crippen molar-refractivity contribution in [1.29, 1.82) is 0 Å². The van der Waals surface area contributed by atoms with Gasteiger partial charge in [-0.2, -0.15) is 0 Å². The van der Waals surface area contributed by atoms with Gasteiger partial charge in [-0.05, 0) is 49.6 Å². The number of hydrogen-bond donors (Lipinski definition) is 1. The molecule has 0 spiro atoms. The molecule has 1 N–H and O–H groups in total. The Labute approximate surface area is 164 Å². The standard InChI is InChI=1S/C19H18N2O4S2/c1-4-25-13-7-5-12(6-8-13)18-20-11(2)15(27-18)17(22)21-14-9-10-26-16(14)19(23)24-3/h5-10H,4H2,1-3H3,(H,21,22). The van der Waals surface area contributed by atoms with Crippen LogP contribution in [0.15, 0.2) is 35.7 Å². The Morgan fingerprint density at radius 2 is 1.89 bits per heavy atom. The van der Waals surface area contributed by atoms with Crippen LogP contribution in [0.5, 0.6) is 5.75 Å². The molecular formula is C19H18N2O4S2. The molecule has 2 heterocycles. The summed E-state index contributed by atoms with van der Waals surface area (Å²) in [5.74, 6) is 0.0161. The van der Waals surface area contributed by atoms with Crippen LogP contribution in [0.2, 0.25) is 0 Å². The number of aromatic nitrogens is 1. The van der Waals surface area contributed by atoms with E-state index in [9.17, 15) is 9.59 Å². The molecule has 0 saturated heterocycles. The summed E-state index contributed by atoms with van der Waals surface area (Å²) in [5, 5.41) is 5.25. The molecular weight excluding hydrogens is 384 g/mol. The number of ether oxygens (including phenoxy) is 2. The number of carbonyl (C=O) groups excluding carboxylic acids is 2. The number of methoxy groups -OCH3 is 1. The number of nitrogens with zero attached hydrogens (tertiary/aromatic N) is 1. The summed E-state index contributed by atoms with van der Waals surface area (Å²) in [6.45, 7) is 4.33. The van der Waals surface area contributed by atoms with E-state index in [1.165, 1.54) is 29.8 Å². The van der Waals surface area contributed by atoms with Crippen molar-refractivity contribution in [1.82, 2.24) is 4.98 Å². The van der Waals surface area contributed by atoms with Crippen LogP contribution in [0.3, 0.4) is 0 Å². The van der Waals surface area contributed by atoms with Crippen molar-refractivity contribution in [3.05, 3.63) is 51.2 Å². The molecule has 6 nitrogen and oxygen atoms in total. The number of anilines is 1. The lowest BCUT2D eigenvalue weighted by atomic mass is 10.2. The zero-order chi connectivity index (χ0) is 19.4.